The van der Waals surface area contributed by atoms with E-state index in [1.807, 2.05) is 29.6 Å². The molecule has 6 nitrogen and oxygen atoms in total. The molecule has 2 atom stereocenters. The number of anilines is 1. The van der Waals surface area contributed by atoms with Gasteiger partial charge in [-0.3, -0.25) is 9.59 Å². The van der Waals surface area contributed by atoms with Gasteiger partial charge in [0.2, 0.25) is 11.8 Å². The van der Waals surface area contributed by atoms with Gasteiger partial charge in [0.05, 0.1) is 12.6 Å². The summed E-state index contributed by atoms with van der Waals surface area (Å²) in [6.07, 6.45) is 3.07. The van der Waals surface area contributed by atoms with Crippen molar-refractivity contribution < 1.29 is 9.59 Å². The molecule has 0 spiro atoms. The van der Waals surface area contributed by atoms with Crippen LogP contribution >= 0.6 is 11.3 Å². The molecule has 7 heteroatoms. The molecule has 0 fully saturated rings. The first-order chi connectivity index (χ1) is 12.1. The third-order valence-corrected chi connectivity index (χ3v) is 5.23. The summed E-state index contributed by atoms with van der Waals surface area (Å²) in [6, 6.07) is 7.04. The standard InChI is InChI=1S/C18H22N4O2S/c1-12(19-2)17(23)21-14-8-7-13-5-3-4-6-15(13)22(18(14)24)11-16-20-9-10-25-16/h3-6,9-10,12,14,19H,7-8,11H2,1-2H3,(H,21,23). The van der Waals surface area contributed by atoms with Crippen LogP contribution in [0.1, 0.15) is 23.9 Å². The Morgan fingerprint density at radius 2 is 2.24 bits per heavy atom. The molecule has 2 amide bonds. The molecule has 2 aromatic rings. The molecule has 1 aliphatic heterocycles. The van der Waals surface area contributed by atoms with E-state index < -0.39 is 6.04 Å². The second kappa shape index (κ2) is 7.76. The van der Waals surface area contributed by atoms with E-state index in [0.717, 1.165) is 22.7 Å². The molecule has 25 heavy (non-hydrogen) atoms. The maximum atomic E-state index is 13.1. The summed E-state index contributed by atoms with van der Waals surface area (Å²) in [5.74, 6) is -0.252. The number of carbonyl (C=O) groups is 2. The highest BCUT2D eigenvalue weighted by Crippen LogP contribution is 2.28. The van der Waals surface area contributed by atoms with E-state index in [2.05, 4.69) is 15.6 Å². The van der Waals surface area contributed by atoms with Gasteiger partial charge in [-0.15, -0.1) is 11.3 Å². The van der Waals surface area contributed by atoms with Crippen molar-refractivity contribution in [1.29, 1.82) is 0 Å². The van der Waals surface area contributed by atoms with Crippen LogP contribution < -0.4 is 15.5 Å². The van der Waals surface area contributed by atoms with Gasteiger partial charge in [-0.05, 0) is 38.4 Å². The molecule has 2 heterocycles. The number of thiazole rings is 1. The largest absolute Gasteiger partial charge is 0.343 e. The minimum atomic E-state index is -0.532. The molecule has 0 radical (unpaired) electrons. The van der Waals surface area contributed by atoms with Gasteiger partial charge in [0.1, 0.15) is 11.0 Å². The summed E-state index contributed by atoms with van der Waals surface area (Å²) < 4.78 is 0. The molecule has 0 bridgehead atoms. The average molecular weight is 358 g/mol. The van der Waals surface area contributed by atoms with Gasteiger partial charge in [-0.25, -0.2) is 4.98 Å². The molecule has 0 aliphatic carbocycles. The molecular formula is C18H22N4O2S. The lowest BCUT2D eigenvalue weighted by molar-refractivity contribution is -0.128. The van der Waals surface area contributed by atoms with Crippen molar-refractivity contribution in [2.24, 2.45) is 0 Å². The highest BCUT2D eigenvalue weighted by Gasteiger charge is 2.32. The van der Waals surface area contributed by atoms with Crippen LogP contribution in [0.25, 0.3) is 0 Å². The number of nitrogens with one attached hydrogen (secondary N) is 2. The summed E-state index contributed by atoms with van der Waals surface area (Å²) in [6.45, 7) is 2.19. The molecule has 3 rings (SSSR count). The third kappa shape index (κ3) is 3.88. The number of fused-ring (bicyclic) bond motifs is 1. The van der Waals surface area contributed by atoms with Crippen LogP contribution in [0.3, 0.4) is 0 Å². The van der Waals surface area contributed by atoms with Crippen molar-refractivity contribution in [1.82, 2.24) is 15.6 Å². The number of amides is 2. The molecule has 2 unspecified atom stereocenters. The Kier molecular flexibility index (Phi) is 5.45. The predicted octanol–water partition coefficient (Wildman–Crippen LogP) is 1.72. The van der Waals surface area contributed by atoms with E-state index in [1.165, 1.54) is 11.3 Å². The summed E-state index contributed by atoms with van der Waals surface area (Å²) >= 11 is 1.52. The van der Waals surface area contributed by atoms with Crippen molar-refractivity contribution in [2.75, 3.05) is 11.9 Å². The van der Waals surface area contributed by atoms with E-state index in [-0.39, 0.29) is 17.9 Å². The van der Waals surface area contributed by atoms with Crippen molar-refractivity contribution in [3.63, 3.8) is 0 Å². The highest BCUT2D eigenvalue weighted by atomic mass is 32.1. The van der Waals surface area contributed by atoms with Gasteiger partial charge in [-0.1, -0.05) is 18.2 Å². The second-order valence-electron chi connectivity index (χ2n) is 6.09. The Morgan fingerprint density at radius 1 is 1.44 bits per heavy atom. The zero-order valence-electron chi connectivity index (χ0n) is 14.4. The summed E-state index contributed by atoms with van der Waals surface area (Å²) in [5.41, 5.74) is 2.02. The van der Waals surface area contributed by atoms with E-state index in [0.29, 0.717) is 13.0 Å². The predicted molar refractivity (Wildman–Crippen MR) is 98.5 cm³/mol. The highest BCUT2D eigenvalue weighted by molar-refractivity contribution is 7.09. The van der Waals surface area contributed by atoms with Crippen LogP contribution in [0.2, 0.25) is 0 Å². The minimum absolute atomic E-state index is 0.0863. The van der Waals surface area contributed by atoms with E-state index in [9.17, 15) is 9.59 Å². The minimum Gasteiger partial charge on any atom is -0.343 e. The summed E-state index contributed by atoms with van der Waals surface area (Å²) in [5, 5.41) is 8.57. The number of aryl methyl sites for hydroxylation is 1. The number of benzene rings is 1. The van der Waals surface area contributed by atoms with E-state index in [4.69, 9.17) is 0 Å². The fourth-order valence-electron chi connectivity index (χ4n) is 2.91. The Bertz CT molecular complexity index is 747. The molecule has 1 aromatic heterocycles. The van der Waals surface area contributed by atoms with Crippen LogP contribution in [0.4, 0.5) is 5.69 Å². The van der Waals surface area contributed by atoms with Crippen molar-refractivity contribution >= 4 is 28.8 Å². The number of hydrogen-bond donors (Lipinski definition) is 2. The van der Waals surface area contributed by atoms with Crippen LogP contribution in [0.5, 0.6) is 0 Å². The van der Waals surface area contributed by atoms with Gasteiger partial charge in [0, 0.05) is 17.3 Å². The maximum absolute atomic E-state index is 13.1. The lowest BCUT2D eigenvalue weighted by Crippen LogP contribution is -2.52. The molecule has 0 saturated heterocycles. The van der Waals surface area contributed by atoms with E-state index >= 15 is 0 Å². The molecule has 1 aliphatic rings. The van der Waals surface area contributed by atoms with E-state index in [1.54, 1.807) is 25.1 Å². The van der Waals surface area contributed by atoms with Crippen LogP contribution in [-0.4, -0.2) is 35.9 Å². The van der Waals surface area contributed by atoms with Crippen molar-refractivity contribution in [3.05, 3.63) is 46.4 Å². The lowest BCUT2D eigenvalue weighted by atomic mass is 10.1. The van der Waals surface area contributed by atoms with Crippen LogP contribution in [-0.2, 0) is 22.6 Å². The van der Waals surface area contributed by atoms with Gasteiger partial charge in [-0.2, -0.15) is 0 Å². The second-order valence-corrected chi connectivity index (χ2v) is 7.07. The third-order valence-electron chi connectivity index (χ3n) is 4.47. The molecule has 132 valence electrons. The maximum Gasteiger partial charge on any atom is 0.249 e. The number of para-hydroxylation sites is 1. The van der Waals surface area contributed by atoms with Gasteiger partial charge >= 0.3 is 0 Å². The fourth-order valence-corrected chi connectivity index (χ4v) is 3.51. The first-order valence-electron chi connectivity index (χ1n) is 8.35. The van der Waals surface area contributed by atoms with Gasteiger partial charge < -0.3 is 15.5 Å². The Balaban J connectivity index is 1.88. The Morgan fingerprint density at radius 3 is 2.96 bits per heavy atom. The monoisotopic (exact) mass is 358 g/mol. The first kappa shape index (κ1) is 17.6. The molecule has 2 N–H and O–H groups in total. The quantitative estimate of drug-likeness (QED) is 0.853. The number of hydrogen-bond acceptors (Lipinski definition) is 5. The van der Waals surface area contributed by atoms with Gasteiger partial charge in [0.25, 0.3) is 0 Å². The normalized spacial score (nSPS) is 18.4. The van der Waals surface area contributed by atoms with Crippen molar-refractivity contribution in [2.45, 2.75) is 38.4 Å². The average Bonchev–Trinajstić information content (AvgIpc) is 3.11. The topological polar surface area (TPSA) is 74.3 Å². The van der Waals surface area contributed by atoms with Crippen LogP contribution in [0.15, 0.2) is 35.8 Å². The molecule has 0 saturated carbocycles. The number of aromatic nitrogens is 1. The van der Waals surface area contributed by atoms with Crippen LogP contribution in [0, 0.1) is 0 Å². The smallest absolute Gasteiger partial charge is 0.249 e. The molecular weight excluding hydrogens is 336 g/mol. The van der Waals surface area contributed by atoms with Crippen molar-refractivity contribution in [3.8, 4) is 0 Å². The summed E-state index contributed by atoms with van der Waals surface area (Å²) in [4.78, 5) is 31.4. The first-order valence-corrected chi connectivity index (χ1v) is 9.23. The zero-order valence-corrected chi connectivity index (χ0v) is 15.2. The Hall–Kier alpha value is -2.25. The fraction of sp³-hybridized carbons (Fsp3) is 0.389. The Labute approximate surface area is 151 Å². The number of rotatable bonds is 5. The number of nitrogens with zero attached hydrogens (tertiary/aromatic N) is 2. The molecule has 1 aromatic carbocycles. The number of carbonyl (C=O) groups excluding carboxylic acids is 2. The SMILES string of the molecule is CNC(C)C(=O)NC1CCc2ccccc2N(Cc2nccs2)C1=O. The summed E-state index contributed by atoms with van der Waals surface area (Å²) in [7, 11) is 1.73. The van der Waals surface area contributed by atoms with Gasteiger partial charge in [0.15, 0.2) is 0 Å². The zero-order chi connectivity index (χ0) is 17.8. The number of likely N-dealkylation sites (N-methyl/N-ethyl adjacent to an activating group) is 1. The lowest BCUT2D eigenvalue weighted by Gasteiger charge is -2.26.